The number of sulfone groups is 1. The Morgan fingerprint density at radius 1 is 0.966 bits per heavy atom. The molecule has 1 aliphatic heterocycles. The van der Waals surface area contributed by atoms with Crippen molar-refractivity contribution in [3.8, 4) is 5.88 Å². The molecule has 326 valence electrons. The molecule has 1 saturated heterocycles. The van der Waals surface area contributed by atoms with Crippen LogP contribution in [0.15, 0.2) is 53.8 Å². The molecule has 2 N–H and O–H groups in total. The molecule has 0 bridgehead atoms. The molecule has 10 atom stereocenters. The zero-order chi connectivity index (χ0) is 42.2. The van der Waals surface area contributed by atoms with Crippen LogP contribution in [0.4, 0.5) is 0 Å². The number of carbonyl (C=O) groups is 1. The Kier molecular flexibility index (Phi) is 11.3. The van der Waals surface area contributed by atoms with Crippen LogP contribution in [0.2, 0.25) is 0 Å². The number of fused-ring (bicyclic) bond motifs is 7. The van der Waals surface area contributed by atoms with Crippen LogP contribution in [0, 0.1) is 63.6 Å². The van der Waals surface area contributed by atoms with Crippen LogP contribution in [-0.4, -0.2) is 79.2 Å². The van der Waals surface area contributed by atoms with E-state index in [0.29, 0.717) is 85.9 Å². The van der Waals surface area contributed by atoms with Crippen LogP contribution in [0.25, 0.3) is 0 Å². The molecular weight excluding hydrogens is 755 g/mol. The smallest absolute Gasteiger partial charge is 0.310 e. The number of aliphatic carboxylic acids is 1. The third-order valence-corrected chi connectivity index (χ3v) is 20.8. The van der Waals surface area contributed by atoms with Gasteiger partial charge in [0.05, 0.1) is 23.5 Å². The molecule has 0 aromatic carbocycles. The monoisotopic (exact) mass is 830 g/mol. The van der Waals surface area contributed by atoms with Crippen molar-refractivity contribution in [3.05, 3.63) is 59.3 Å². The maximum Gasteiger partial charge on any atom is 0.310 e. The lowest BCUT2D eigenvalue weighted by Crippen LogP contribution is -2.68. The number of hydrogen-bond acceptors (Lipinski definition) is 7. The fraction of sp³-hybridized carbons (Fsp3) is 0.760. The van der Waals surface area contributed by atoms with Gasteiger partial charge in [-0.25, -0.2) is 13.4 Å². The maximum atomic E-state index is 12.8. The van der Waals surface area contributed by atoms with Crippen LogP contribution in [0.3, 0.4) is 0 Å². The molecular formula is C50H75N3O5S. The summed E-state index contributed by atoms with van der Waals surface area (Å²) < 4.78 is 30.2. The number of hydrogen-bond donors (Lipinski definition) is 2. The summed E-state index contributed by atoms with van der Waals surface area (Å²) in [5.41, 5.74) is 5.28. The van der Waals surface area contributed by atoms with Gasteiger partial charge in [-0.15, -0.1) is 0 Å². The number of pyridine rings is 1. The Bertz CT molecular complexity index is 1980. The van der Waals surface area contributed by atoms with E-state index >= 15 is 0 Å². The third kappa shape index (κ3) is 7.11. The van der Waals surface area contributed by atoms with E-state index in [9.17, 15) is 18.3 Å². The first-order chi connectivity index (χ1) is 27.8. The molecule has 8 rings (SSSR count). The minimum atomic E-state index is -2.87. The van der Waals surface area contributed by atoms with E-state index in [4.69, 9.17) is 4.74 Å². The van der Waals surface area contributed by atoms with Crippen molar-refractivity contribution in [1.29, 1.82) is 0 Å². The summed E-state index contributed by atoms with van der Waals surface area (Å²) in [6, 6.07) is 3.86. The van der Waals surface area contributed by atoms with E-state index in [1.165, 1.54) is 68.1 Å². The van der Waals surface area contributed by atoms with Gasteiger partial charge in [0, 0.05) is 43.5 Å². The SMILES string of the molecule is C=C(C)[C@@H]1CC[C@]2(NCCN3CCS(=O)(=O)CC3)CC[C@]3(C)[C@H](CC[C@@H]4[C@@]5(C)CC=C(C6=CCC(CCOc7ncccc7C)(C(=O)O)CC6)C(C)(C)[C@@H]5CC[C@]43C)[C@@H]12. The zero-order valence-corrected chi connectivity index (χ0v) is 38.3. The van der Waals surface area contributed by atoms with E-state index in [1.807, 2.05) is 19.1 Å². The quantitative estimate of drug-likeness (QED) is 0.213. The van der Waals surface area contributed by atoms with Gasteiger partial charge in [-0.1, -0.05) is 65.0 Å². The van der Waals surface area contributed by atoms with Gasteiger partial charge in [-0.05, 0) is 166 Å². The number of ether oxygens (including phenoxy) is 1. The van der Waals surface area contributed by atoms with Gasteiger partial charge in [-0.2, -0.15) is 0 Å². The summed E-state index contributed by atoms with van der Waals surface area (Å²) in [4.78, 5) is 19.5. The Morgan fingerprint density at radius 2 is 1.73 bits per heavy atom. The molecule has 7 aliphatic rings. The number of aryl methyl sites for hydroxylation is 1. The molecule has 1 unspecified atom stereocenters. The van der Waals surface area contributed by atoms with Gasteiger partial charge in [0.15, 0.2) is 9.84 Å². The standard InChI is InChI=1S/C50H75N3O5S/c1-34(2)37-15-22-50(52-27-28-53-29-32-59(56,57)33-30-53)24-23-47(7)39(42(37)50)11-12-41-46(6)18-16-38(45(4,5)40(46)17-19-48(41,47)8)36-13-20-49(21-14-36,44(54)55)25-31-58-43-35(3)10-9-26-51-43/h9-10,13,16,26,37,39-42,52H,1,11-12,14-15,17-25,27-33H2,2-8H3,(H,54,55)/t37-,39+,40-,41+,42+,46-,47+,48+,49?,50-/m0/s1. The highest BCUT2D eigenvalue weighted by molar-refractivity contribution is 7.91. The number of nitrogens with zero attached hydrogens (tertiary/aromatic N) is 2. The van der Waals surface area contributed by atoms with Gasteiger partial charge in [0.25, 0.3) is 0 Å². The largest absolute Gasteiger partial charge is 0.481 e. The summed E-state index contributed by atoms with van der Waals surface area (Å²) >= 11 is 0. The van der Waals surface area contributed by atoms with Gasteiger partial charge >= 0.3 is 5.97 Å². The number of nitrogens with one attached hydrogen (secondary N) is 1. The van der Waals surface area contributed by atoms with Crippen LogP contribution in [-0.2, 0) is 14.6 Å². The molecule has 1 aromatic rings. The second-order valence-corrected chi connectivity index (χ2v) is 24.4. The number of carboxylic acids is 1. The average molecular weight is 830 g/mol. The Balaban J connectivity index is 0.993. The summed E-state index contributed by atoms with van der Waals surface area (Å²) in [5.74, 6) is 3.53. The summed E-state index contributed by atoms with van der Waals surface area (Å²) in [6.45, 7) is 25.5. The van der Waals surface area contributed by atoms with Crippen LogP contribution < -0.4 is 10.1 Å². The van der Waals surface area contributed by atoms with Crippen molar-refractivity contribution in [3.63, 3.8) is 0 Å². The predicted molar refractivity (Wildman–Crippen MR) is 237 cm³/mol. The Labute approximate surface area is 356 Å². The van der Waals surface area contributed by atoms with Gasteiger partial charge in [0.1, 0.15) is 0 Å². The van der Waals surface area contributed by atoms with Crippen molar-refractivity contribution in [2.45, 2.75) is 137 Å². The van der Waals surface area contributed by atoms with E-state index < -0.39 is 21.2 Å². The second-order valence-electron chi connectivity index (χ2n) is 22.0. The molecule has 0 spiro atoms. The molecule has 4 saturated carbocycles. The summed E-state index contributed by atoms with van der Waals surface area (Å²) in [5, 5.41) is 14.8. The minimum absolute atomic E-state index is 0.0153. The van der Waals surface area contributed by atoms with Crippen molar-refractivity contribution >= 4 is 15.8 Å². The number of rotatable bonds is 11. The van der Waals surface area contributed by atoms with Crippen molar-refractivity contribution in [2.75, 3.05) is 44.3 Å². The van der Waals surface area contributed by atoms with E-state index in [0.717, 1.165) is 31.5 Å². The van der Waals surface area contributed by atoms with Crippen molar-refractivity contribution in [2.24, 2.45) is 56.7 Å². The van der Waals surface area contributed by atoms with Crippen LogP contribution in [0.1, 0.15) is 131 Å². The number of aromatic nitrogens is 1. The number of carboxylic acid groups (broad SMARTS) is 1. The molecule has 0 radical (unpaired) electrons. The fourth-order valence-corrected chi connectivity index (χ4v) is 17.0. The first kappa shape index (κ1) is 43.2. The van der Waals surface area contributed by atoms with Gasteiger partial charge < -0.3 is 20.1 Å². The third-order valence-electron chi connectivity index (χ3n) is 19.2. The van der Waals surface area contributed by atoms with Gasteiger partial charge in [0.2, 0.25) is 5.88 Å². The highest BCUT2D eigenvalue weighted by Gasteiger charge is 2.70. The molecule has 6 aliphatic carbocycles. The van der Waals surface area contributed by atoms with Crippen LogP contribution in [0.5, 0.6) is 5.88 Å². The normalized spacial score (nSPS) is 41.3. The molecule has 9 heteroatoms. The zero-order valence-electron chi connectivity index (χ0n) is 37.5. The van der Waals surface area contributed by atoms with Gasteiger partial charge in [-0.3, -0.25) is 4.79 Å². The Hall–Kier alpha value is -2.49. The lowest BCUT2D eigenvalue weighted by molar-refractivity contribution is -0.221. The van der Waals surface area contributed by atoms with Crippen molar-refractivity contribution < 1.29 is 23.1 Å². The minimum Gasteiger partial charge on any atom is -0.481 e. The lowest BCUT2D eigenvalue weighted by Gasteiger charge is -2.72. The first-order valence-corrected chi connectivity index (χ1v) is 25.1. The molecule has 0 amide bonds. The number of allylic oxidation sites excluding steroid dienone is 5. The maximum absolute atomic E-state index is 12.8. The fourth-order valence-electron chi connectivity index (χ4n) is 15.7. The first-order valence-electron chi connectivity index (χ1n) is 23.3. The average Bonchev–Trinajstić information content (AvgIpc) is 3.57. The molecule has 8 nitrogen and oxygen atoms in total. The lowest BCUT2D eigenvalue weighted by atomic mass is 9.33. The second kappa shape index (κ2) is 15.4. The molecule has 2 heterocycles. The van der Waals surface area contributed by atoms with E-state index in [2.05, 4.69) is 75.5 Å². The highest BCUT2D eigenvalue weighted by atomic mass is 32.2. The topological polar surface area (TPSA) is 109 Å². The van der Waals surface area contributed by atoms with Crippen LogP contribution >= 0.6 is 0 Å². The highest BCUT2D eigenvalue weighted by Crippen LogP contribution is 2.76. The predicted octanol–water partition coefficient (Wildman–Crippen LogP) is 9.61. The molecule has 5 fully saturated rings. The van der Waals surface area contributed by atoms with E-state index in [1.54, 1.807) is 6.20 Å². The molecule has 1 aromatic heterocycles. The summed E-state index contributed by atoms with van der Waals surface area (Å²) in [7, 11) is -2.87. The summed E-state index contributed by atoms with van der Waals surface area (Å²) in [6.07, 6.45) is 20.3. The molecule has 59 heavy (non-hydrogen) atoms. The van der Waals surface area contributed by atoms with E-state index in [-0.39, 0.29) is 27.2 Å². The Morgan fingerprint density at radius 3 is 2.41 bits per heavy atom. The van der Waals surface area contributed by atoms with Crippen molar-refractivity contribution in [1.82, 2.24) is 15.2 Å².